The third-order valence-corrected chi connectivity index (χ3v) is 5.95. The van der Waals surface area contributed by atoms with E-state index in [0.717, 1.165) is 42.2 Å². The highest BCUT2D eigenvalue weighted by Crippen LogP contribution is 2.23. The Hall–Kier alpha value is -4.14. The first kappa shape index (κ1) is 21.7. The van der Waals surface area contributed by atoms with Gasteiger partial charge < -0.3 is 15.0 Å². The van der Waals surface area contributed by atoms with Crippen LogP contribution in [0.2, 0.25) is 0 Å². The fourth-order valence-electron chi connectivity index (χ4n) is 4.12. The van der Waals surface area contributed by atoms with Crippen LogP contribution in [0.15, 0.2) is 73.3 Å². The van der Waals surface area contributed by atoms with Crippen molar-refractivity contribution in [3.63, 3.8) is 0 Å². The number of benzene rings is 2. The number of imidazole rings is 1. The van der Waals surface area contributed by atoms with Crippen LogP contribution in [-0.2, 0) is 13.7 Å². The quantitative estimate of drug-likeness (QED) is 0.458. The summed E-state index contributed by atoms with van der Waals surface area (Å²) in [5.41, 5.74) is 3.64. The number of aryl methyl sites for hydroxylation is 1. The molecule has 174 valence electrons. The maximum absolute atomic E-state index is 12.6. The van der Waals surface area contributed by atoms with Gasteiger partial charge in [0.2, 0.25) is 0 Å². The second-order valence-corrected chi connectivity index (χ2v) is 8.49. The van der Waals surface area contributed by atoms with Crippen molar-refractivity contribution in [2.45, 2.75) is 13.0 Å². The van der Waals surface area contributed by atoms with Crippen molar-refractivity contribution < 1.29 is 9.53 Å². The first-order valence-electron chi connectivity index (χ1n) is 11.3. The van der Waals surface area contributed by atoms with Gasteiger partial charge in [0.15, 0.2) is 0 Å². The van der Waals surface area contributed by atoms with Crippen LogP contribution in [0, 0.1) is 5.92 Å². The standard InChI is InChI=1S/C25H27N7O2/c1-30-15-21(28-29-30)17-34-23-9-7-20(8-10-23)24-16-32(18-27-24)25(33)26-13-19-11-12-31(14-19)22-5-3-2-4-6-22/h2-10,15-16,18-19H,11-14,17H2,1H3,(H,26,33). The average Bonchev–Trinajstić information content (AvgIpc) is 3.63. The highest BCUT2D eigenvalue weighted by molar-refractivity contribution is 5.78. The van der Waals surface area contributed by atoms with Crippen molar-refractivity contribution in [3.05, 3.63) is 79.0 Å². The molecule has 9 heteroatoms. The summed E-state index contributed by atoms with van der Waals surface area (Å²) in [6.45, 7) is 2.96. The normalized spacial score (nSPS) is 15.4. The lowest BCUT2D eigenvalue weighted by atomic mass is 10.1. The second kappa shape index (κ2) is 9.78. The summed E-state index contributed by atoms with van der Waals surface area (Å²) in [7, 11) is 1.82. The minimum Gasteiger partial charge on any atom is -0.487 e. The molecule has 2 aromatic heterocycles. The summed E-state index contributed by atoms with van der Waals surface area (Å²) in [6.07, 6.45) is 6.18. The number of rotatable bonds is 7. The molecule has 1 N–H and O–H groups in total. The van der Waals surface area contributed by atoms with Crippen LogP contribution in [0.1, 0.15) is 12.1 Å². The smallest absolute Gasteiger partial charge is 0.326 e. The number of hydrogen-bond acceptors (Lipinski definition) is 6. The SMILES string of the molecule is Cn1cc(COc2ccc(-c3cn(C(=O)NCC4CCN(c5ccccc5)C4)cn3)cc2)nn1. The average molecular weight is 458 g/mol. The Balaban J connectivity index is 1.12. The Morgan fingerprint density at radius 3 is 2.71 bits per heavy atom. The van der Waals surface area contributed by atoms with Crippen LogP contribution in [0.25, 0.3) is 11.3 Å². The summed E-state index contributed by atoms with van der Waals surface area (Å²) in [4.78, 5) is 19.4. The molecule has 1 saturated heterocycles. The summed E-state index contributed by atoms with van der Waals surface area (Å²) in [5.74, 6) is 1.16. The molecule has 9 nitrogen and oxygen atoms in total. The number of carbonyl (C=O) groups is 1. The zero-order valence-corrected chi connectivity index (χ0v) is 19.0. The highest BCUT2D eigenvalue weighted by Gasteiger charge is 2.23. The van der Waals surface area contributed by atoms with E-state index in [9.17, 15) is 4.79 Å². The molecule has 34 heavy (non-hydrogen) atoms. The highest BCUT2D eigenvalue weighted by atomic mass is 16.5. The van der Waals surface area contributed by atoms with Gasteiger partial charge in [-0.15, -0.1) is 5.10 Å². The van der Waals surface area contributed by atoms with E-state index in [1.165, 1.54) is 10.3 Å². The van der Waals surface area contributed by atoms with Gasteiger partial charge in [-0.1, -0.05) is 23.4 Å². The van der Waals surface area contributed by atoms with Gasteiger partial charge in [-0.05, 0) is 48.7 Å². The van der Waals surface area contributed by atoms with E-state index in [1.807, 2.05) is 43.6 Å². The summed E-state index contributed by atoms with van der Waals surface area (Å²) < 4.78 is 8.89. The Morgan fingerprint density at radius 1 is 1.12 bits per heavy atom. The lowest BCUT2D eigenvalue weighted by Crippen LogP contribution is -2.33. The van der Waals surface area contributed by atoms with Gasteiger partial charge in [-0.2, -0.15) is 0 Å². The molecule has 4 aromatic rings. The number of aromatic nitrogens is 5. The number of anilines is 1. The zero-order chi connectivity index (χ0) is 23.3. The van der Waals surface area contributed by atoms with Crippen LogP contribution in [0.4, 0.5) is 10.5 Å². The van der Waals surface area contributed by atoms with Gasteiger partial charge in [-0.3, -0.25) is 9.25 Å². The van der Waals surface area contributed by atoms with Crippen LogP contribution >= 0.6 is 0 Å². The largest absolute Gasteiger partial charge is 0.487 e. The first-order chi connectivity index (χ1) is 16.6. The molecule has 0 saturated carbocycles. The molecule has 3 heterocycles. The monoisotopic (exact) mass is 457 g/mol. The minimum absolute atomic E-state index is 0.166. The first-order valence-corrected chi connectivity index (χ1v) is 11.3. The molecule has 1 fully saturated rings. The van der Waals surface area contributed by atoms with E-state index in [1.54, 1.807) is 17.2 Å². The van der Waals surface area contributed by atoms with E-state index in [0.29, 0.717) is 19.1 Å². The Labute approximate surface area is 198 Å². The van der Waals surface area contributed by atoms with Crippen LogP contribution in [0.5, 0.6) is 5.75 Å². The lowest BCUT2D eigenvalue weighted by Gasteiger charge is -2.18. The van der Waals surface area contributed by atoms with E-state index >= 15 is 0 Å². The van der Waals surface area contributed by atoms with E-state index in [-0.39, 0.29) is 6.03 Å². The van der Waals surface area contributed by atoms with E-state index < -0.39 is 0 Å². The maximum Gasteiger partial charge on any atom is 0.326 e. The van der Waals surface area contributed by atoms with Crippen LogP contribution < -0.4 is 15.0 Å². The molecule has 1 unspecified atom stereocenters. The number of para-hydroxylation sites is 1. The molecule has 0 bridgehead atoms. The van der Waals surface area contributed by atoms with Crippen molar-refractivity contribution >= 4 is 11.7 Å². The molecule has 2 aromatic carbocycles. The summed E-state index contributed by atoms with van der Waals surface area (Å²) >= 11 is 0. The molecule has 1 atom stereocenters. The topological polar surface area (TPSA) is 90.1 Å². The van der Waals surface area contributed by atoms with Crippen molar-refractivity contribution in [1.82, 2.24) is 29.9 Å². The Bertz CT molecular complexity index is 1230. The molecule has 0 radical (unpaired) electrons. The van der Waals surface area contributed by atoms with Gasteiger partial charge in [-0.25, -0.2) is 9.78 Å². The summed E-state index contributed by atoms with van der Waals surface area (Å²) in [5, 5.41) is 10.9. The van der Waals surface area contributed by atoms with Crippen LogP contribution in [0.3, 0.4) is 0 Å². The van der Waals surface area contributed by atoms with Crippen molar-refractivity contribution in [1.29, 1.82) is 0 Å². The van der Waals surface area contributed by atoms with Crippen molar-refractivity contribution in [2.75, 3.05) is 24.5 Å². The molecule has 0 aliphatic carbocycles. The number of nitrogens with one attached hydrogen (secondary N) is 1. The third-order valence-electron chi connectivity index (χ3n) is 5.95. The van der Waals surface area contributed by atoms with Crippen molar-refractivity contribution in [2.24, 2.45) is 13.0 Å². The number of hydrogen-bond donors (Lipinski definition) is 1. The fraction of sp³-hybridized carbons (Fsp3) is 0.280. The molecular weight excluding hydrogens is 430 g/mol. The second-order valence-electron chi connectivity index (χ2n) is 8.49. The molecule has 1 amide bonds. The van der Waals surface area contributed by atoms with E-state index in [2.05, 4.69) is 49.8 Å². The van der Waals surface area contributed by atoms with Gasteiger partial charge in [0, 0.05) is 44.1 Å². The van der Waals surface area contributed by atoms with E-state index in [4.69, 9.17) is 4.74 Å². The number of ether oxygens (including phenoxy) is 1. The number of amides is 1. The van der Waals surface area contributed by atoms with Gasteiger partial charge in [0.1, 0.15) is 24.4 Å². The molecular formula is C25H27N7O2. The van der Waals surface area contributed by atoms with Gasteiger partial charge >= 0.3 is 6.03 Å². The molecule has 1 aliphatic rings. The fourth-order valence-corrected chi connectivity index (χ4v) is 4.12. The minimum atomic E-state index is -0.166. The van der Waals surface area contributed by atoms with Gasteiger partial charge in [0.25, 0.3) is 0 Å². The predicted molar refractivity (Wildman–Crippen MR) is 129 cm³/mol. The predicted octanol–water partition coefficient (Wildman–Crippen LogP) is 3.34. The maximum atomic E-state index is 12.6. The zero-order valence-electron chi connectivity index (χ0n) is 19.0. The molecule has 0 spiro atoms. The van der Waals surface area contributed by atoms with Crippen LogP contribution in [-0.4, -0.2) is 50.2 Å². The Morgan fingerprint density at radius 2 is 1.94 bits per heavy atom. The van der Waals surface area contributed by atoms with Gasteiger partial charge in [0.05, 0.1) is 11.9 Å². The number of nitrogens with zero attached hydrogens (tertiary/aromatic N) is 6. The summed E-state index contributed by atoms with van der Waals surface area (Å²) in [6, 6.07) is 17.8. The molecule has 1 aliphatic heterocycles. The van der Waals surface area contributed by atoms with Crippen molar-refractivity contribution in [3.8, 4) is 17.0 Å². The Kier molecular flexibility index (Phi) is 6.24. The number of carbonyl (C=O) groups excluding carboxylic acids is 1. The molecule has 5 rings (SSSR count). The lowest BCUT2D eigenvalue weighted by molar-refractivity contribution is 0.240. The third kappa shape index (κ3) is 5.09.